The van der Waals surface area contributed by atoms with Crippen LogP contribution in [0.25, 0.3) is 10.8 Å². The van der Waals surface area contributed by atoms with E-state index in [2.05, 4.69) is 50.0 Å². The molecular weight excluding hydrogens is 236 g/mol. The Morgan fingerprint density at radius 2 is 1.67 bits per heavy atom. The van der Waals surface area contributed by atoms with E-state index in [1.807, 2.05) is 6.07 Å². The Bertz CT molecular complexity index is 637. The van der Waals surface area contributed by atoms with Crippen LogP contribution in [-0.4, -0.2) is 13.9 Å². The Hall–Kier alpha value is -1.41. The van der Waals surface area contributed by atoms with Crippen molar-refractivity contribution in [3.05, 3.63) is 47.5 Å². The summed E-state index contributed by atoms with van der Waals surface area (Å²) in [7, 11) is -1.33. The highest BCUT2D eigenvalue weighted by atomic mass is 28.3. The van der Waals surface area contributed by atoms with E-state index >= 15 is 0 Å². The van der Waals surface area contributed by atoms with Gasteiger partial charge in [-0.05, 0) is 27.9 Å². The first-order chi connectivity index (χ1) is 8.47. The summed E-state index contributed by atoms with van der Waals surface area (Å²) in [4.78, 5) is 12.2. The molecule has 0 spiro atoms. The molecule has 1 nitrogen and oxygen atoms in total. The maximum Gasteiger partial charge on any atom is 0.163 e. The topological polar surface area (TPSA) is 17.1 Å². The molecule has 0 amide bonds. The molecule has 3 rings (SSSR count). The third-order valence-electron chi connectivity index (χ3n) is 4.03. The molecule has 0 N–H and O–H groups in total. The predicted molar refractivity (Wildman–Crippen MR) is 79.0 cm³/mol. The van der Waals surface area contributed by atoms with Crippen LogP contribution in [0.4, 0.5) is 0 Å². The molecular formula is C16H18OSi. The third-order valence-corrected chi connectivity index (χ3v) is 6.63. The molecule has 0 aliphatic heterocycles. The maximum atomic E-state index is 12.2. The molecule has 0 fully saturated rings. The molecule has 0 aromatic heterocycles. The van der Waals surface area contributed by atoms with Gasteiger partial charge in [-0.15, -0.1) is 0 Å². The van der Waals surface area contributed by atoms with Gasteiger partial charge < -0.3 is 0 Å². The maximum absolute atomic E-state index is 12.2. The highest BCUT2D eigenvalue weighted by Crippen LogP contribution is 2.41. The summed E-state index contributed by atoms with van der Waals surface area (Å²) >= 11 is 0. The third kappa shape index (κ3) is 1.72. The van der Waals surface area contributed by atoms with Crippen LogP contribution >= 0.6 is 0 Å². The van der Waals surface area contributed by atoms with Crippen molar-refractivity contribution in [3.8, 4) is 0 Å². The second-order valence-corrected chi connectivity index (χ2v) is 11.8. The molecule has 0 heterocycles. The average Bonchev–Trinajstić information content (AvgIpc) is 2.64. The molecule has 0 saturated carbocycles. The molecule has 18 heavy (non-hydrogen) atoms. The van der Waals surface area contributed by atoms with Crippen LogP contribution in [0.15, 0.2) is 36.4 Å². The lowest BCUT2D eigenvalue weighted by molar-refractivity contribution is 0.0993. The molecule has 92 valence electrons. The number of carbonyl (C=O) groups excluding carboxylic acids is 1. The van der Waals surface area contributed by atoms with Gasteiger partial charge in [0.25, 0.3) is 0 Å². The van der Waals surface area contributed by atoms with Gasteiger partial charge in [-0.25, -0.2) is 0 Å². The van der Waals surface area contributed by atoms with E-state index in [1.54, 1.807) is 0 Å². The number of fused-ring (bicyclic) bond motifs is 2. The Kier molecular flexibility index (Phi) is 2.46. The fraction of sp³-hybridized carbons (Fsp3) is 0.312. The SMILES string of the molecule is C[Si](C)(C)C1CC(=O)c2cc3ccccc3cc21. The molecule has 0 bridgehead atoms. The fourth-order valence-corrected chi connectivity index (χ4v) is 4.94. The Labute approximate surface area is 109 Å². The number of carbonyl (C=O) groups is 1. The van der Waals surface area contributed by atoms with Gasteiger partial charge in [-0.2, -0.15) is 0 Å². The summed E-state index contributed by atoms with van der Waals surface area (Å²) in [6, 6.07) is 12.7. The van der Waals surface area contributed by atoms with Crippen LogP contribution in [0.1, 0.15) is 27.9 Å². The highest BCUT2D eigenvalue weighted by molar-refractivity contribution is 6.78. The van der Waals surface area contributed by atoms with Gasteiger partial charge >= 0.3 is 0 Å². The van der Waals surface area contributed by atoms with Crippen molar-refractivity contribution < 1.29 is 4.79 Å². The van der Waals surface area contributed by atoms with Crippen molar-refractivity contribution >= 4 is 24.6 Å². The zero-order valence-corrected chi connectivity index (χ0v) is 12.2. The zero-order valence-electron chi connectivity index (χ0n) is 11.2. The largest absolute Gasteiger partial charge is 0.294 e. The van der Waals surface area contributed by atoms with E-state index in [1.165, 1.54) is 16.3 Å². The number of hydrogen-bond donors (Lipinski definition) is 0. The number of Topliss-reactive ketones (excluding diaryl/α,β-unsaturated/α-hetero) is 1. The van der Waals surface area contributed by atoms with E-state index in [4.69, 9.17) is 0 Å². The first-order valence-electron chi connectivity index (χ1n) is 6.53. The summed E-state index contributed by atoms with van der Waals surface area (Å²) in [5, 5.41) is 2.44. The first kappa shape index (κ1) is 11.7. The lowest BCUT2D eigenvalue weighted by Gasteiger charge is -2.25. The van der Waals surface area contributed by atoms with Crippen LogP contribution in [-0.2, 0) is 0 Å². The van der Waals surface area contributed by atoms with Gasteiger partial charge in [-0.1, -0.05) is 50.0 Å². The standard InChI is InChI=1S/C16H18OSi/c1-18(2,3)16-10-15(17)13-8-11-6-4-5-7-12(11)9-14(13)16/h4-9,16H,10H2,1-3H3. The molecule has 2 heteroatoms. The summed E-state index contributed by atoms with van der Waals surface area (Å²) in [5.74, 6) is 0.336. The van der Waals surface area contributed by atoms with Gasteiger partial charge in [0.05, 0.1) is 8.07 Å². The van der Waals surface area contributed by atoms with Gasteiger partial charge in [0.2, 0.25) is 0 Å². The zero-order chi connectivity index (χ0) is 12.9. The predicted octanol–water partition coefficient (Wildman–Crippen LogP) is 4.39. The lowest BCUT2D eigenvalue weighted by Crippen LogP contribution is -2.29. The summed E-state index contributed by atoms with van der Waals surface area (Å²) in [6.07, 6.45) is 0.724. The number of benzene rings is 2. The molecule has 2 aromatic carbocycles. The average molecular weight is 254 g/mol. The second kappa shape index (κ2) is 3.79. The van der Waals surface area contributed by atoms with Crippen LogP contribution in [0, 0.1) is 0 Å². The number of hydrogen-bond acceptors (Lipinski definition) is 1. The van der Waals surface area contributed by atoms with Gasteiger partial charge in [0.15, 0.2) is 5.78 Å². The van der Waals surface area contributed by atoms with E-state index < -0.39 is 8.07 Å². The molecule has 1 aliphatic rings. The van der Waals surface area contributed by atoms with Gasteiger partial charge in [0.1, 0.15) is 0 Å². The van der Waals surface area contributed by atoms with Crippen molar-refractivity contribution in [2.24, 2.45) is 0 Å². The Balaban J connectivity index is 2.25. The molecule has 0 radical (unpaired) electrons. The smallest absolute Gasteiger partial charge is 0.163 e. The van der Waals surface area contributed by atoms with Crippen LogP contribution in [0.2, 0.25) is 19.6 Å². The van der Waals surface area contributed by atoms with Crippen LogP contribution in [0.5, 0.6) is 0 Å². The Morgan fingerprint density at radius 3 is 2.28 bits per heavy atom. The molecule has 2 aromatic rings. The molecule has 1 atom stereocenters. The molecule has 1 unspecified atom stereocenters. The van der Waals surface area contributed by atoms with Crippen molar-refractivity contribution in [2.75, 3.05) is 0 Å². The van der Waals surface area contributed by atoms with E-state index in [-0.39, 0.29) is 0 Å². The molecule has 1 aliphatic carbocycles. The second-order valence-electron chi connectivity index (χ2n) is 6.33. The lowest BCUT2D eigenvalue weighted by atomic mass is 10.0. The summed E-state index contributed by atoms with van der Waals surface area (Å²) in [6.45, 7) is 7.07. The van der Waals surface area contributed by atoms with Crippen LogP contribution < -0.4 is 0 Å². The van der Waals surface area contributed by atoms with Crippen molar-refractivity contribution in [1.82, 2.24) is 0 Å². The van der Waals surface area contributed by atoms with E-state index in [0.29, 0.717) is 11.3 Å². The van der Waals surface area contributed by atoms with Gasteiger partial charge in [-0.3, -0.25) is 4.79 Å². The number of ketones is 1. The Morgan fingerprint density at radius 1 is 1.06 bits per heavy atom. The minimum Gasteiger partial charge on any atom is -0.294 e. The minimum absolute atomic E-state index is 0.336. The van der Waals surface area contributed by atoms with E-state index in [0.717, 1.165) is 12.0 Å². The van der Waals surface area contributed by atoms with Crippen molar-refractivity contribution in [2.45, 2.75) is 31.6 Å². The minimum atomic E-state index is -1.33. The monoisotopic (exact) mass is 254 g/mol. The van der Waals surface area contributed by atoms with Crippen LogP contribution in [0.3, 0.4) is 0 Å². The molecule has 0 saturated heterocycles. The summed E-state index contributed by atoms with van der Waals surface area (Å²) in [5.41, 5.74) is 2.77. The van der Waals surface area contributed by atoms with Gasteiger partial charge in [0, 0.05) is 12.0 Å². The highest BCUT2D eigenvalue weighted by Gasteiger charge is 2.38. The summed E-state index contributed by atoms with van der Waals surface area (Å²) < 4.78 is 0. The van der Waals surface area contributed by atoms with Crippen molar-refractivity contribution in [3.63, 3.8) is 0 Å². The normalized spacial score (nSPS) is 19.3. The number of rotatable bonds is 1. The fourth-order valence-electron chi connectivity index (χ4n) is 2.97. The van der Waals surface area contributed by atoms with E-state index in [9.17, 15) is 4.79 Å². The quantitative estimate of drug-likeness (QED) is 0.690. The van der Waals surface area contributed by atoms with Crippen molar-refractivity contribution in [1.29, 1.82) is 0 Å². The first-order valence-corrected chi connectivity index (χ1v) is 10.1.